The molecule has 0 unspecified atom stereocenters. The molecule has 0 N–H and O–H groups in total. The molecule has 3 heterocycles. The van der Waals surface area contributed by atoms with Gasteiger partial charge in [0.2, 0.25) is 0 Å². The van der Waals surface area contributed by atoms with Crippen LogP contribution in [0.25, 0.3) is 72.4 Å². The molecule has 0 atom stereocenters. The van der Waals surface area contributed by atoms with Gasteiger partial charge in [-0.25, -0.2) is 0 Å². The van der Waals surface area contributed by atoms with Gasteiger partial charge in [0.15, 0.2) is 0 Å². The zero-order chi connectivity index (χ0) is 41.2. The molecule has 0 saturated carbocycles. The molecule has 0 spiro atoms. The summed E-state index contributed by atoms with van der Waals surface area (Å²) < 4.78 is 9.18. The van der Waals surface area contributed by atoms with Gasteiger partial charge in [-0.05, 0) is 74.3 Å². The SMILES string of the molecule is CC(C)c1cccc(C(C)C)c1-n1c(-c2[c-]ccc3c2oc2ccc4c(c23)C(C)(C)c2ccccc2-4)nc2ccccc21.C[Si](C)(C)c1ccc(-c2[c-]cccc2)nc1.[Ir]. The minimum Gasteiger partial charge on any atom is -0.501 e. The zero-order valence-corrected chi connectivity index (χ0v) is 39.3. The Morgan fingerprint density at radius 3 is 2.10 bits per heavy atom. The van der Waals surface area contributed by atoms with Gasteiger partial charge in [0, 0.05) is 42.8 Å². The number of furan rings is 1. The average molecular weight is 978 g/mol. The van der Waals surface area contributed by atoms with Crippen molar-refractivity contribution in [3.63, 3.8) is 0 Å². The topological polar surface area (TPSA) is 43.9 Å². The third-order valence-electron chi connectivity index (χ3n) is 12.1. The summed E-state index contributed by atoms with van der Waals surface area (Å²) in [6.07, 6.45) is 2.02. The Kier molecular flexibility index (Phi) is 11.0. The summed E-state index contributed by atoms with van der Waals surface area (Å²) in [6, 6.07) is 51.6. The summed E-state index contributed by atoms with van der Waals surface area (Å²) in [7, 11) is -1.23. The number of fused-ring (bicyclic) bond motifs is 8. The molecule has 9 aromatic rings. The first-order chi connectivity index (χ1) is 28.3. The Morgan fingerprint density at radius 1 is 0.700 bits per heavy atom. The maximum absolute atomic E-state index is 6.81. The molecule has 303 valence electrons. The number of rotatable bonds is 6. The second-order valence-corrected chi connectivity index (χ2v) is 23.1. The molecule has 0 bridgehead atoms. The number of aromatic nitrogens is 3. The monoisotopic (exact) mass is 978 g/mol. The molecule has 0 saturated heterocycles. The molecule has 10 rings (SSSR count). The van der Waals surface area contributed by atoms with Crippen molar-refractivity contribution < 1.29 is 24.5 Å². The summed E-state index contributed by atoms with van der Waals surface area (Å²) in [5, 5.41) is 3.70. The molecule has 60 heavy (non-hydrogen) atoms. The van der Waals surface area contributed by atoms with E-state index in [2.05, 4.69) is 180 Å². The first kappa shape index (κ1) is 41.3. The van der Waals surface area contributed by atoms with Crippen LogP contribution in [0.5, 0.6) is 0 Å². The minimum absolute atomic E-state index is 0. The van der Waals surface area contributed by atoms with Crippen LogP contribution < -0.4 is 5.19 Å². The molecule has 6 aromatic carbocycles. The molecule has 0 amide bonds. The van der Waals surface area contributed by atoms with Gasteiger partial charge in [0.1, 0.15) is 5.58 Å². The van der Waals surface area contributed by atoms with Gasteiger partial charge < -0.3 is 14.0 Å². The fourth-order valence-corrected chi connectivity index (χ4v) is 10.0. The number of nitrogens with zero attached hydrogens (tertiary/aromatic N) is 3. The van der Waals surface area contributed by atoms with E-state index in [4.69, 9.17) is 9.40 Å². The van der Waals surface area contributed by atoms with E-state index in [1.807, 2.05) is 36.5 Å². The van der Waals surface area contributed by atoms with Gasteiger partial charge in [-0.3, -0.25) is 4.98 Å². The number of hydrogen-bond donors (Lipinski definition) is 0. The van der Waals surface area contributed by atoms with Crippen molar-refractivity contribution in [1.29, 1.82) is 0 Å². The smallest absolute Gasteiger partial charge is 0.121 e. The predicted molar refractivity (Wildman–Crippen MR) is 250 cm³/mol. The van der Waals surface area contributed by atoms with E-state index in [-0.39, 0.29) is 25.5 Å². The molecule has 3 aromatic heterocycles. The Hall–Kier alpha value is -5.39. The Labute approximate surface area is 369 Å². The number of benzene rings is 6. The third kappa shape index (κ3) is 6.99. The fourth-order valence-electron chi connectivity index (χ4n) is 9.01. The van der Waals surface area contributed by atoms with E-state index < -0.39 is 8.07 Å². The average Bonchev–Trinajstić information content (AvgIpc) is 3.88. The van der Waals surface area contributed by atoms with Crippen molar-refractivity contribution >= 4 is 46.2 Å². The molecular weight excluding hydrogens is 927 g/mol. The van der Waals surface area contributed by atoms with Crippen LogP contribution in [0.2, 0.25) is 19.6 Å². The van der Waals surface area contributed by atoms with Crippen molar-refractivity contribution in [2.24, 2.45) is 0 Å². The first-order valence-electron chi connectivity index (χ1n) is 20.9. The van der Waals surface area contributed by atoms with Crippen LogP contribution in [0.3, 0.4) is 0 Å². The zero-order valence-electron chi connectivity index (χ0n) is 35.9. The molecule has 6 heteroatoms. The summed E-state index contributed by atoms with van der Waals surface area (Å²) >= 11 is 0. The predicted octanol–water partition coefficient (Wildman–Crippen LogP) is 14.0. The summed E-state index contributed by atoms with van der Waals surface area (Å²) in [5.74, 6) is 1.56. The van der Waals surface area contributed by atoms with E-state index >= 15 is 0 Å². The van der Waals surface area contributed by atoms with Gasteiger partial charge in [-0.2, -0.15) is 0 Å². The van der Waals surface area contributed by atoms with Crippen LogP contribution in [-0.2, 0) is 25.5 Å². The molecule has 0 aliphatic heterocycles. The largest absolute Gasteiger partial charge is 0.501 e. The number of para-hydroxylation sites is 3. The van der Waals surface area contributed by atoms with Gasteiger partial charge in [0.25, 0.3) is 0 Å². The molecular formula is C54H51IrN3OSi-2. The van der Waals surface area contributed by atoms with Crippen LogP contribution in [0.1, 0.15) is 75.6 Å². The molecule has 1 aliphatic carbocycles. The Morgan fingerprint density at radius 2 is 1.42 bits per heavy atom. The molecule has 1 aliphatic rings. The summed E-state index contributed by atoms with van der Waals surface area (Å²) in [6.45, 7) is 20.8. The van der Waals surface area contributed by atoms with Crippen molar-refractivity contribution in [1.82, 2.24) is 14.5 Å². The van der Waals surface area contributed by atoms with Crippen LogP contribution in [0, 0.1) is 12.1 Å². The van der Waals surface area contributed by atoms with Gasteiger partial charge >= 0.3 is 0 Å². The van der Waals surface area contributed by atoms with Crippen LogP contribution in [0.15, 0.2) is 138 Å². The summed E-state index contributed by atoms with van der Waals surface area (Å²) in [5.41, 5.74) is 15.8. The second-order valence-electron chi connectivity index (χ2n) is 18.0. The van der Waals surface area contributed by atoms with E-state index in [0.29, 0.717) is 11.8 Å². The quantitative estimate of drug-likeness (QED) is 0.123. The second kappa shape index (κ2) is 15.9. The molecule has 0 fully saturated rings. The number of imidazole rings is 1. The standard InChI is InChI=1S/C40H35N2O.C14H16NSi.Ir/c1-23(2)25-14-11-15-26(24(3)4)37(25)42-33-20-10-9-19-32(33)41-39(42)30-17-12-16-29-35-34(43-38(29)30)22-21-28-27-13-7-8-18-31(27)40(5,6)36(28)35;1-16(2,3)13-9-10-14(15-11-13)12-7-5-4-6-8-12;/h7-16,18-24H,1-6H3;4-7,9-11H,1-3H3;/q2*-1;. The Bertz CT molecular complexity index is 2980. The maximum atomic E-state index is 6.81. The maximum Gasteiger partial charge on any atom is 0.121 e. The van der Waals surface area contributed by atoms with Crippen molar-refractivity contribution in [2.75, 3.05) is 0 Å². The Balaban J connectivity index is 0.000000248. The van der Waals surface area contributed by atoms with Gasteiger partial charge in [0.05, 0.1) is 30.5 Å². The van der Waals surface area contributed by atoms with Crippen LogP contribution in [-0.4, -0.2) is 22.6 Å². The molecule has 4 nitrogen and oxygen atoms in total. The van der Waals surface area contributed by atoms with E-state index in [1.165, 1.54) is 49.6 Å². The van der Waals surface area contributed by atoms with Crippen LogP contribution >= 0.6 is 0 Å². The van der Waals surface area contributed by atoms with Crippen molar-refractivity contribution in [3.8, 4) is 39.5 Å². The van der Waals surface area contributed by atoms with E-state index in [0.717, 1.165) is 50.2 Å². The van der Waals surface area contributed by atoms with E-state index in [1.54, 1.807) is 0 Å². The minimum atomic E-state index is -1.23. The fraction of sp³-hybridized carbons (Fsp3) is 0.222. The number of hydrogen-bond acceptors (Lipinski definition) is 3. The normalized spacial score (nSPS) is 13.1. The van der Waals surface area contributed by atoms with E-state index in [9.17, 15) is 0 Å². The van der Waals surface area contributed by atoms with Crippen molar-refractivity contribution in [3.05, 3.63) is 168 Å². The van der Waals surface area contributed by atoms with Crippen LogP contribution in [0.4, 0.5) is 0 Å². The van der Waals surface area contributed by atoms with Gasteiger partial charge in [-0.15, -0.1) is 54.1 Å². The third-order valence-corrected chi connectivity index (χ3v) is 14.1. The summed E-state index contributed by atoms with van der Waals surface area (Å²) in [4.78, 5) is 9.80. The first-order valence-corrected chi connectivity index (χ1v) is 24.4. The number of pyridine rings is 1. The van der Waals surface area contributed by atoms with Gasteiger partial charge in [-0.1, -0.05) is 145 Å². The van der Waals surface area contributed by atoms with Crippen molar-refractivity contribution in [2.45, 2.75) is 78.4 Å². The molecule has 1 radical (unpaired) electrons.